The van der Waals surface area contributed by atoms with Crippen molar-refractivity contribution >= 4 is 34.0 Å². The summed E-state index contributed by atoms with van der Waals surface area (Å²) in [5.41, 5.74) is 6.41. The number of amides is 1. The summed E-state index contributed by atoms with van der Waals surface area (Å²) < 4.78 is 29.9. The molecule has 214 valence electrons. The van der Waals surface area contributed by atoms with Gasteiger partial charge >= 0.3 is 11.9 Å². The molecule has 0 aliphatic rings. The Bertz CT molecular complexity index is 1540. The molecule has 41 heavy (non-hydrogen) atoms. The second kappa shape index (κ2) is 13.2. The number of hydrogen-bond acceptors (Lipinski definition) is 8. The zero-order valence-electron chi connectivity index (χ0n) is 23.3. The summed E-state index contributed by atoms with van der Waals surface area (Å²) in [6.07, 6.45) is 0.600. The molecule has 1 atom stereocenters. The van der Waals surface area contributed by atoms with Crippen molar-refractivity contribution < 1.29 is 33.0 Å². The molecular weight excluding hydrogens is 594 g/mol. The molecule has 2 heterocycles. The van der Waals surface area contributed by atoms with Gasteiger partial charge in [0.25, 0.3) is 0 Å². The summed E-state index contributed by atoms with van der Waals surface area (Å²) in [5.74, 6) is 0.919. The largest absolute Gasteiger partial charge is 0.493 e. The Balaban J connectivity index is 1.32. The monoisotopic (exact) mass is 623 g/mol. The van der Waals surface area contributed by atoms with Crippen molar-refractivity contribution in [2.45, 2.75) is 33.5 Å². The molecular formula is C30H30BrN3O7. The molecule has 1 amide bonds. The molecule has 2 aromatic carbocycles. The molecule has 0 fully saturated rings. The van der Waals surface area contributed by atoms with Crippen LogP contribution in [0.4, 0.5) is 0 Å². The second-order valence-corrected chi connectivity index (χ2v) is 9.87. The van der Waals surface area contributed by atoms with Crippen LogP contribution in [0.3, 0.4) is 0 Å². The van der Waals surface area contributed by atoms with E-state index < -0.39 is 18.0 Å². The zero-order valence-corrected chi connectivity index (χ0v) is 24.9. The van der Waals surface area contributed by atoms with Crippen LogP contribution >= 0.6 is 15.9 Å². The van der Waals surface area contributed by atoms with Gasteiger partial charge in [-0.25, -0.2) is 10.2 Å². The molecule has 0 radical (unpaired) electrons. The number of carbonyl (C=O) groups is 2. The van der Waals surface area contributed by atoms with Crippen molar-refractivity contribution in [1.29, 1.82) is 0 Å². The van der Waals surface area contributed by atoms with Crippen LogP contribution in [-0.4, -0.2) is 43.0 Å². The minimum atomic E-state index is -0.836. The lowest BCUT2D eigenvalue weighted by atomic mass is 10.2. The van der Waals surface area contributed by atoms with Gasteiger partial charge in [-0.15, -0.1) is 0 Å². The van der Waals surface area contributed by atoms with E-state index in [1.807, 2.05) is 24.3 Å². The Kier molecular flexibility index (Phi) is 9.51. The quantitative estimate of drug-likeness (QED) is 0.129. The fourth-order valence-corrected chi connectivity index (χ4v) is 4.59. The number of rotatable bonds is 11. The van der Waals surface area contributed by atoms with E-state index in [0.717, 1.165) is 17.1 Å². The van der Waals surface area contributed by atoms with E-state index >= 15 is 0 Å². The van der Waals surface area contributed by atoms with E-state index in [-0.39, 0.29) is 12.4 Å². The molecule has 0 bridgehead atoms. The third kappa shape index (κ3) is 7.17. The number of nitrogens with zero attached hydrogens (tertiary/aromatic N) is 2. The van der Waals surface area contributed by atoms with Crippen molar-refractivity contribution in [1.82, 2.24) is 9.99 Å². The maximum atomic E-state index is 12.5. The predicted octanol–water partition coefficient (Wildman–Crippen LogP) is 5.74. The summed E-state index contributed by atoms with van der Waals surface area (Å²) >= 11 is 3.41. The van der Waals surface area contributed by atoms with Crippen LogP contribution in [0.1, 0.15) is 40.2 Å². The molecule has 4 rings (SSSR count). The number of methoxy groups -OCH3 is 2. The highest BCUT2D eigenvalue weighted by Crippen LogP contribution is 2.37. The highest BCUT2D eigenvalue weighted by Gasteiger charge is 2.20. The zero-order chi connectivity index (χ0) is 29.5. The highest BCUT2D eigenvalue weighted by molar-refractivity contribution is 9.10. The number of ether oxygens (including phenoxy) is 4. The predicted molar refractivity (Wildman–Crippen MR) is 156 cm³/mol. The van der Waals surface area contributed by atoms with E-state index in [9.17, 15) is 9.59 Å². The number of benzene rings is 2. The maximum absolute atomic E-state index is 12.5. The van der Waals surface area contributed by atoms with Gasteiger partial charge in [-0.05, 0) is 103 Å². The van der Waals surface area contributed by atoms with Crippen molar-refractivity contribution in [3.8, 4) is 22.9 Å². The number of esters is 1. The number of nitrogens with one attached hydrogen (secondary N) is 1. The first-order chi connectivity index (χ1) is 19.7. The fourth-order valence-electron chi connectivity index (χ4n) is 4.04. The fraction of sp³-hybridized carbons (Fsp3) is 0.233. The minimum Gasteiger partial charge on any atom is -0.493 e. The number of aryl methyl sites for hydroxylation is 2. The van der Waals surface area contributed by atoms with Crippen LogP contribution in [0.2, 0.25) is 0 Å². The van der Waals surface area contributed by atoms with Crippen LogP contribution < -0.4 is 19.6 Å². The molecule has 0 spiro atoms. The Morgan fingerprint density at radius 2 is 1.76 bits per heavy atom. The van der Waals surface area contributed by atoms with Gasteiger partial charge in [0.1, 0.15) is 18.1 Å². The van der Waals surface area contributed by atoms with Gasteiger partial charge in [0, 0.05) is 17.1 Å². The molecule has 10 nitrogen and oxygen atoms in total. The average molecular weight is 624 g/mol. The second-order valence-electron chi connectivity index (χ2n) is 9.02. The summed E-state index contributed by atoms with van der Waals surface area (Å²) in [6.45, 7) is 5.85. The third-order valence-corrected chi connectivity index (χ3v) is 6.68. The Morgan fingerprint density at radius 3 is 2.41 bits per heavy atom. The number of hydrogen-bond donors (Lipinski definition) is 1. The van der Waals surface area contributed by atoms with Gasteiger partial charge in [-0.1, -0.05) is 0 Å². The van der Waals surface area contributed by atoms with Gasteiger partial charge in [0.2, 0.25) is 0 Å². The van der Waals surface area contributed by atoms with Crippen LogP contribution in [0.15, 0.2) is 74.7 Å². The normalized spacial score (nSPS) is 11.8. The van der Waals surface area contributed by atoms with E-state index in [4.69, 9.17) is 23.4 Å². The molecule has 2 aromatic heterocycles. The van der Waals surface area contributed by atoms with E-state index in [2.05, 4.69) is 57.0 Å². The number of carbonyl (C=O) groups excluding carboxylic acids is 2. The molecule has 0 saturated carbocycles. The summed E-state index contributed by atoms with van der Waals surface area (Å²) in [7, 11) is 2.76. The van der Waals surface area contributed by atoms with E-state index in [1.165, 1.54) is 20.4 Å². The molecule has 1 N–H and O–H groups in total. The Morgan fingerprint density at radius 1 is 1.05 bits per heavy atom. The van der Waals surface area contributed by atoms with E-state index in [0.29, 0.717) is 33.0 Å². The van der Waals surface area contributed by atoms with Gasteiger partial charge in [0.05, 0.1) is 24.9 Å². The number of furan rings is 1. The lowest BCUT2D eigenvalue weighted by Gasteiger charge is -2.17. The van der Waals surface area contributed by atoms with Crippen molar-refractivity contribution in [3.05, 3.63) is 93.6 Å². The molecule has 0 aliphatic carbocycles. The lowest BCUT2D eigenvalue weighted by molar-refractivity contribution is -0.147. The van der Waals surface area contributed by atoms with Crippen molar-refractivity contribution in [3.63, 3.8) is 0 Å². The lowest BCUT2D eigenvalue weighted by Crippen LogP contribution is -2.25. The molecule has 4 aromatic rings. The molecule has 0 unspecified atom stereocenters. The first-order valence-electron chi connectivity index (χ1n) is 12.6. The van der Waals surface area contributed by atoms with Crippen LogP contribution in [-0.2, 0) is 16.1 Å². The summed E-state index contributed by atoms with van der Waals surface area (Å²) in [4.78, 5) is 24.2. The topological polar surface area (TPSA) is 114 Å². The van der Waals surface area contributed by atoms with Gasteiger partial charge in [-0.2, -0.15) is 5.10 Å². The van der Waals surface area contributed by atoms with E-state index in [1.54, 1.807) is 31.2 Å². The van der Waals surface area contributed by atoms with Crippen LogP contribution in [0.5, 0.6) is 17.2 Å². The van der Waals surface area contributed by atoms with Gasteiger partial charge < -0.3 is 27.9 Å². The molecule has 11 heteroatoms. The molecule has 0 aliphatic heterocycles. The Hall–Kier alpha value is -4.51. The average Bonchev–Trinajstić information content (AvgIpc) is 3.58. The summed E-state index contributed by atoms with van der Waals surface area (Å²) in [5, 5.41) is 4.00. The van der Waals surface area contributed by atoms with Gasteiger partial charge in [0.15, 0.2) is 23.4 Å². The number of aromatic nitrogens is 1. The van der Waals surface area contributed by atoms with Crippen molar-refractivity contribution in [2.24, 2.45) is 5.10 Å². The van der Waals surface area contributed by atoms with Crippen LogP contribution in [0, 0.1) is 13.8 Å². The first kappa shape index (κ1) is 29.5. The SMILES string of the molecule is COC(=O)[C@H](C)Oc1c(Br)cc(/C=N/NC(=O)c2ccc(COc3ccc(-n4c(C)ccc4C)cc3)o2)cc1OC. The smallest absolute Gasteiger partial charge is 0.346 e. The summed E-state index contributed by atoms with van der Waals surface area (Å²) in [6, 6.07) is 18.5. The number of hydrazone groups is 1. The standard InChI is InChI=1S/C30H30BrN3O7/c1-18-6-7-19(2)34(18)22-8-10-23(11-9-22)39-17-24-12-13-26(41-24)29(35)33-32-16-21-14-25(31)28(27(15-21)37-4)40-20(3)30(36)38-5/h6-16,20H,17H2,1-5H3,(H,33,35)/b32-16+/t20-/m0/s1. The minimum absolute atomic E-state index is 0.0916. The Labute approximate surface area is 246 Å². The number of halogens is 1. The third-order valence-electron chi connectivity index (χ3n) is 6.09. The first-order valence-corrected chi connectivity index (χ1v) is 13.4. The molecule has 0 saturated heterocycles. The maximum Gasteiger partial charge on any atom is 0.346 e. The van der Waals surface area contributed by atoms with Gasteiger partial charge in [-0.3, -0.25) is 4.79 Å². The van der Waals surface area contributed by atoms with Crippen molar-refractivity contribution in [2.75, 3.05) is 14.2 Å². The van der Waals surface area contributed by atoms with Crippen LogP contribution in [0.25, 0.3) is 5.69 Å². The highest BCUT2D eigenvalue weighted by atomic mass is 79.9.